The van der Waals surface area contributed by atoms with E-state index in [0.29, 0.717) is 45.9 Å². The summed E-state index contributed by atoms with van der Waals surface area (Å²) < 4.78 is 10.9. The molecule has 2 amide bonds. The van der Waals surface area contributed by atoms with Crippen molar-refractivity contribution in [2.75, 3.05) is 39.5 Å². The minimum absolute atomic E-state index is 0.0252. The highest BCUT2D eigenvalue weighted by Gasteiger charge is 2.15. The lowest BCUT2D eigenvalue weighted by atomic mass is 10.2. The third kappa shape index (κ3) is 6.80. The molecule has 1 fully saturated rings. The van der Waals surface area contributed by atoms with Crippen LogP contribution in [0.25, 0.3) is 0 Å². The van der Waals surface area contributed by atoms with Crippen molar-refractivity contribution < 1.29 is 19.1 Å². The molecule has 126 valence electrons. The second-order valence-electron chi connectivity index (χ2n) is 5.43. The maximum atomic E-state index is 12.3. The van der Waals surface area contributed by atoms with E-state index in [4.69, 9.17) is 9.47 Å². The van der Waals surface area contributed by atoms with Gasteiger partial charge in [-0.25, -0.2) is 0 Å². The number of carbonyl (C=O) groups excluding carboxylic acids is 2. The van der Waals surface area contributed by atoms with Gasteiger partial charge in [-0.3, -0.25) is 9.59 Å². The Kier molecular flexibility index (Phi) is 7.56. The van der Waals surface area contributed by atoms with Crippen LogP contribution in [0.5, 0.6) is 0 Å². The van der Waals surface area contributed by atoms with Gasteiger partial charge in [-0.05, 0) is 12.0 Å². The van der Waals surface area contributed by atoms with Crippen molar-refractivity contribution in [1.29, 1.82) is 0 Å². The third-order valence-electron chi connectivity index (χ3n) is 3.58. The average Bonchev–Trinajstić information content (AvgIpc) is 2.61. The topological polar surface area (TPSA) is 67.9 Å². The van der Waals surface area contributed by atoms with Gasteiger partial charge in [0.2, 0.25) is 11.8 Å². The van der Waals surface area contributed by atoms with Crippen LogP contribution in [0.3, 0.4) is 0 Å². The number of benzene rings is 1. The highest BCUT2D eigenvalue weighted by molar-refractivity contribution is 5.79. The van der Waals surface area contributed by atoms with E-state index in [-0.39, 0.29) is 18.4 Å². The molecule has 6 nitrogen and oxygen atoms in total. The first-order valence-electron chi connectivity index (χ1n) is 7.99. The van der Waals surface area contributed by atoms with Gasteiger partial charge in [-0.2, -0.15) is 0 Å². The van der Waals surface area contributed by atoms with Crippen LogP contribution < -0.4 is 5.32 Å². The summed E-state index contributed by atoms with van der Waals surface area (Å²) in [6.07, 6.45) is 1.07. The zero-order valence-electron chi connectivity index (χ0n) is 13.3. The van der Waals surface area contributed by atoms with E-state index in [0.717, 1.165) is 12.0 Å². The Labute approximate surface area is 136 Å². The molecule has 1 aliphatic heterocycles. The molecule has 0 bridgehead atoms. The van der Waals surface area contributed by atoms with E-state index in [1.807, 2.05) is 30.3 Å². The molecular weight excluding hydrogens is 296 g/mol. The number of nitrogens with one attached hydrogen (secondary N) is 1. The molecule has 23 heavy (non-hydrogen) atoms. The Morgan fingerprint density at radius 1 is 1.22 bits per heavy atom. The van der Waals surface area contributed by atoms with Gasteiger partial charge in [-0.15, -0.1) is 0 Å². The Hall–Kier alpha value is -1.92. The highest BCUT2D eigenvalue weighted by Crippen LogP contribution is 2.03. The molecule has 0 spiro atoms. The summed E-state index contributed by atoms with van der Waals surface area (Å²) >= 11 is 0. The molecule has 1 aliphatic rings. The number of rotatable bonds is 4. The lowest BCUT2D eigenvalue weighted by molar-refractivity contribution is -0.137. The largest absolute Gasteiger partial charge is 0.380 e. The standard InChI is InChI=1S/C17H24N2O4/c20-16-7-10-19(9-4-11-22-12-8-18-16)17(21)14-23-13-15-5-2-1-3-6-15/h1-3,5-6H,4,7-14H2,(H,18,20). The van der Waals surface area contributed by atoms with E-state index in [1.54, 1.807) is 4.90 Å². The number of nitrogens with zero attached hydrogens (tertiary/aromatic N) is 1. The molecule has 1 aromatic rings. The molecule has 0 unspecified atom stereocenters. The van der Waals surface area contributed by atoms with Crippen LogP contribution in [0.4, 0.5) is 0 Å². The van der Waals surface area contributed by atoms with Gasteiger partial charge < -0.3 is 19.7 Å². The first kappa shape index (κ1) is 17.4. The van der Waals surface area contributed by atoms with Crippen molar-refractivity contribution in [3.8, 4) is 0 Å². The predicted octanol–water partition coefficient (Wildman–Crippen LogP) is 0.958. The summed E-state index contributed by atoms with van der Waals surface area (Å²) in [5.41, 5.74) is 1.03. The van der Waals surface area contributed by atoms with Crippen molar-refractivity contribution in [3.63, 3.8) is 0 Å². The van der Waals surface area contributed by atoms with Crippen LogP contribution in [-0.4, -0.2) is 56.2 Å². The molecule has 6 heteroatoms. The Morgan fingerprint density at radius 2 is 2.04 bits per heavy atom. The molecule has 0 saturated carbocycles. The number of amides is 2. The minimum Gasteiger partial charge on any atom is -0.380 e. The summed E-state index contributed by atoms with van der Waals surface area (Å²) in [4.78, 5) is 25.6. The lowest BCUT2D eigenvalue weighted by Crippen LogP contribution is -2.38. The molecule has 0 atom stereocenters. The zero-order valence-corrected chi connectivity index (χ0v) is 13.3. The van der Waals surface area contributed by atoms with E-state index < -0.39 is 0 Å². The molecule has 0 radical (unpaired) electrons. The van der Waals surface area contributed by atoms with Crippen molar-refractivity contribution in [2.45, 2.75) is 19.4 Å². The van der Waals surface area contributed by atoms with E-state index >= 15 is 0 Å². The average molecular weight is 320 g/mol. The number of ether oxygens (including phenoxy) is 2. The minimum atomic E-state index is -0.0898. The molecule has 1 aromatic carbocycles. The fourth-order valence-corrected chi connectivity index (χ4v) is 2.33. The monoisotopic (exact) mass is 320 g/mol. The number of hydrogen-bond donors (Lipinski definition) is 1. The summed E-state index contributed by atoms with van der Waals surface area (Å²) in [5, 5.41) is 2.77. The second kappa shape index (κ2) is 9.97. The van der Waals surface area contributed by atoms with Crippen molar-refractivity contribution in [2.24, 2.45) is 0 Å². The molecule has 1 N–H and O–H groups in total. The van der Waals surface area contributed by atoms with Gasteiger partial charge in [0, 0.05) is 32.7 Å². The highest BCUT2D eigenvalue weighted by atomic mass is 16.5. The molecule has 1 heterocycles. The molecule has 0 aliphatic carbocycles. The first-order chi connectivity index (χ1) is 11.3. The second-order valence-corrected chi connectivity index (χ2v) is 5.43. The van der Waals surface area contributed by atoms with Crippen LogP contribution >= 0.6 is 0 Å². The van der Waals surface area contributed by atoms with Crippen molar-refractivity contribution in [3.05, 3.63) is 35.9 Å². The Bertz CT molecular complexity index is 493. The lowest BCUT2D eigenvalue weighted by Gasteiger charge is -2.22. The van der Waals surface area contributed by atoms with Crippen molar-refractivity contribution >= 4 is 11.8 Å². The summed E-state index contributed by atoms with van der Waals surface area (Å²) in [7, 11) is 0. The smallest absolute Gasteiger partial charge is 0.248 e. The summed E-state index contributed by atoms with van der Waals surface area (Å²) in [5.74, 6) is -0.147. The normalized spacial score (nSPS) is 17.2. The quantitative estimate of drug-likeness (QED) is 0.897. The molecule has 1 saturated heterocycles. The van der Waals surface area contributed by atoms with Crippen LogP contribution in [0.2, 0.25) is 0 Å². The van der Waals surface area contributed by atoms with Gasteiger partial charge in [0.25, 0.3) is 0 Å². The van der Waals surface area contributed by atoms with Gasteiger partial charge >= 0.3 is 0 Å². The SMILES string of the molecule is O=C1CCN(C(=O)COCc2ccccc2)CCCOCCN1. The predicted molar refractivity (Wildman–Crippen MR) is 85.7 cm³/mol. The Balaban J connectivity index is 1.78. The molecule has 0 aromatic heterocycles. The number of hydrogen-bond acceptors (Lipinski definition) is 4. The Morgan fingerprint density at radius 3 is 2.87 bits per heavy atom. The van der Waals surface area contributed by atoms with Crippen LogP contribution in [0.1, 0.15) is 18.4 Å². The van der Waals surface area contributed by atoms with Gasteiger partial charge in [0.15, 0.2) is 0 Å². The van der Waals surface area contributed by atoms with Gasteiger partial charge in [-0.1, -0.05) is 30.3 Å². The van der Waals surface area contributed by atoms with Crippen molar-refractivity contribution in [1.82, 2.24) is 10.2 Å². The molecular formula is C17H24N2O4. The van der Waals surface area contributed by atoms with Gasteiger partial charge in [0.1, 0.15) is 6.61 Å². The first-order valence-corrected chi connectivity index (χ1v) is 7.99. The fourth-order valence-electron chi connectivity index (χ4n) is 2.33. The maximum absolute atomic E-state index is 12.3. The summed E-state index contributed by atoms with van der Waals surface area (Å²) in [6.45, 7) is 3.05. The van der Waals surface area contributed by atoms with Gasteiger partial charge in [0.05, 0.1) is 13.2 Å². The third-order valence-corrected chi connectivity index (χ3v) is 3.58. The number of carbonyl (C=O) groups is 2. The maximum Gasteiger partial charge on any atom is 0.248 e. The van der Waals surface area contributed by atoms with E-state index in [1.165, 1.54) is 0 Å². The van der Waals surface area contributed by atoms with Crippen LogP contribution in [0.15, 0.2) is 30.3 Å². The van der Waals surface area contributed by atoms with Crippen LogP contribution in [-0.2, 0) is 25.7 Å². The van der Waals surface area contributed by atoms with E-state index in [2.05, 4.69) is 5.32 Å². The zero-order chi connectivity index (χ0) is 16.3. The molecule has 2 rings (SSSR count). The summed E-state index contributed by atoms with van der Waals surface area (Å²) in [6, 6.07) is 9.73. The van der Waals surface area contributed by atoms with Crippen LogP contribution in [0, 0.1) is 0 Å². The fraction of sp³-hybridized carbons (Fsp3) is 0.529. The van der Waals surface area contributed by atoms with E-state index in [9.17, 15) is 9.59 Å².